The zero-order chi connectivity index (χ0) is 15.7. The molecule has 0 saturated heterocycles. The second-order valence-corrected chi connectivity index (χ2v) is 5.76. The van der Waals surface area contributed by atoms with Crippen molar-refractivity contribution in [2.24, 2.45) is 0 Å². The average Bonchev–Trinajstić information content (AvgIpc) is 3.07. The van der Waals surface area contributed by atoms with Gasteiger partial charge in [0.15, 0.2) is 0 Å². The minimum Gasteiger partial charge on any atom is -0.421 e. The van der Waals surface area contributed by atoms with E-state index in [-0.39, 0.29) is 5.82 Å². The van der Waals surface area contributed by atoms with Gasteiger partial charge in [-0.2, -0.15) is 5.10 Å². The highest BCUT2D eigenvalue weighted by Gasteiger charge is 2.12. The van der Waals surface area contributed by atoms with Crippen molar-refractivity contribution < 1.29 is 8.81 Å². The van der Waals surface area contributed by atoms with Crippen LogP contribution >= 0.6 is 15.9 Å². The van der Waals surface area contributed by atoms with Crippen LogP contribution in [0.15, 0.2) is 33.2 Å². The van der Waals surface area contributed by atoms with Crippen molar-refractivity contribution in [3.63, 3.8) is 0 Å². The summed E-state index contributed by atoms with van der Waals surface area (Å²) in [5.74, 6) is 0.631. The molecular weight excluding hydrogens is 351 g/mol. The third-order valence-electron chi connectivity index (χ3n) is 3.39. The predicted octanol–water partition coefficient (Wildman–Crippen LogP) is 3.69. The van der Waals surface area contributed by atoms with E-state index < -0.39 is 0 Å². The molecular formula is C15H14BrFN4O. The Labute approximate surface area is 135 Å². The Balaban J connectivity index is 1.72. The van der Waals surface area contributed by atoms with Gasteiger partial charge in [0, 0.05) is 24.2 Å². The smallest absolute Gasteiger partial charge is 0.247 e. The Morgan fingerprint density at radius 1 is 1.18 bits per heavy atom. The predicted molar refractivity (Wildman–Crippen MR) is 82.8 cm³/mol. The first-order chi connectivity index (χ1) is 10.5. The molecule has 2 heterocycles. The van der Waals surface area contributed by atoms with Gasteiger partial charge in [-0.3, -0.25) is 4.68 Å². The molecule has 0 saturated carbocycles. The van der Waals surface area contributed by atoms with Crippen LogP contribution < -0.4 is 0 Å². The second kappa shape index (κ2) is 6.00. The zero-order valence-corrected chi connectivity index (χ0v) is 13.8. The van der Waals surface area contributed by atoms with Gasteiger partial charge in [-0.25, -0.2) is 4.39 Å². The molecule has 3 aromatic rings. The minimum atomic E-state index is -0.293. The SMILES string of the molecule is Cc1nn(CCc2nnc(-c3ccc(F)cc3)o2)c(C)c1Br. The molecule has 0 aliphatic rings. The van der Waals surface area contributed by atoms with Crippen LogP contribution in [0.4, 0.5) is 4.39 Å². The summed E-state index contributed by atoms with van der Waals surface area (Å²) in [4.78, 5) is 0. The molecule has 0 fully saturated rings. The largest absolute Gasteiger partial charge is 0.421 e. The molecule has 5 nitrogen and oxygen atoms in total. The first-order valence-corrected chi connectivity index (χ1v) is 7.61. The van der Waals surface area contributed by atoms with E-state index in [0.29, 0.717) is 30.3 Å². The maximum atomic E-state index is 12.9. The minimum absolute atomic E-state index is 0.293. The number of benzene rings is 1. The number of hydrogen-bond acceptors (Lipinski definition) is 4. The quantitative estimate of drug-likeness (QED) is 0.708. The number of aryl methyl sites for hydroxylation is 3. The van der Waals surface area contributed by atoms with Crippen molar-refractivity contribution in [3.05, 3.63) is 51.8 Å². The van der Waals surface area contributed by atoms with E-state index >= 15 is 0 Å². The number of aromatic nitrogens is 4. The van der Waals surface area contributed by atoms with Gasteiger partial charge in [-0.05, 0) is 54.0 Å². The maximum absolute atomic E-state index is 12.9. The summed E-state index contributed by atoms with van der Waals surface area (Å²) < 4.78 is 21.4. The second-order valence-electron chi connectivity index (χ2n) is 4.97. The fourth-order valence-corrected chi connectivity index (χ4v) is 2.44. The van der Waals surface area contributed by atoms with E-state index in [1.165, 1.54) is 12.1 Å². The Hall–Kier alpha value is -2.02. The summed E-state index contributed by atoms with van der Waals surface area (Å²) in [6.45, 7) is 4.61. The van der Waals surface area contributed by atoms with Gasteiger partial charge >= 0.3 is 0 Å². The van der Waals surface area contributed by atoms with Gasteiger partial charge in [0.05, 0.1) is 10.2 Å². The van der Waals surface area contributed by atoms with E-state index in [1.807, 2.05) is 18.5 Å². The van der Waals surface area contributed by atoms with E-state index in [2.05, 4.69) is 31.2 Å². The monoisotopic (exact) mass is 364 g/mol. The standard InChI is InChI=1S/C15H14BrFN4O/c1-9-14(16)10(2)21(20-9)8-7-13-18-19-15(22-13)11-3-5-12(17)6-4-11/h3-6H,7-8H2,1-2H3. The molecule has 0 aliphatic carbocycles. The Kier molecular flexibility index (Phi) is 4.06. The van der Waals surface area contributed by atoms with Gasteiger partial charge in [0.1, 0.15) is 5.82 Å². The van der Waals surface area contributed by atoms with E-state index in [0.717, 1.165) is 15.9 Å². The first kappa shape index (κ1) is 14.9. The number of halogens is 2. The van der Waals surface area contributed by atoms with Crippen LogP contribution in [-0.2, 0) is 13.0 Å². The van der Waals surface area contributed by atoms with Crippen molar-refractivity contribution in [1.29, 1.82) is 0 Å². The number of rotatable bonds is 4. The normalized spacial score (nSPS) is 11.1. The molecule has 0 bridgehead atoms. The van der Waals surface area contributed by atoms with Crippen LogP contribution in [0.1, 0.15) is 17.3 Å². The first-order valence-electron chi connectivity index (χ1n) is 6.82. The van der Waals surface area contributed by atoms with Crippen molar-refractivity contribution in [1.82, 2.24) is 20.0 Å². The summed E-state index contributed by atoms with van der Waals surface area (Å²) in [7, 11) is 0. The summed E-state index contributed by atoms with van der Waals surface area (Å²) >= 11 is 3.50. The fraction of sp³-hybridized carbons (Fsp3) is 0.267. The molecule has 0 spiro atoms. The highest BCUT2D eigenvalue weighted by atomic mass is 79.9. The Morgan fingerprint density at radius 2 is 1.91 bits per heavy atom. The van der Waals surface area contributed by atoms with E-state index in [9.17, 15) is 4.39 Å². The van der Waals surface area contributed by atoms with Gasteiger partial charge < -0.3 is 4.42 Å². The van der Waals surface area contributed by atoms with Crippen LogP contribution in [0.2, 0.25) is 0 Å². The molecule has 2 aromatic heterocycles. The van der Waals surface area contributed by atoms with Crippen LogP contribution in [0.3, 0.4) is 0 Å². The molecule has 1 aromatic carbocycles. The maximum Gasteiger partial charge on any atom is 0.247 e. The van der Waals surface area contributed by atoms with Crippen molar-refractivity contribution in [2.75, 3.05) is 0 Å². The van der Waals surface area contributed by atoms with Crippen LogP contribution in [0, 0.1) is 19.7 Å². The molecule has 0 N–H and O–H groups in total. The molecule has 0 unspecified atom stereocenters. The third-order valence-corrected chi connectivity index (χ3v) is 4.54. The summed E-state index contributed by atoms with van der Waals surface area (Å²) in [6, 6.07) is 5.97. The van der Waals surface area contributed by atoms with Gasteiger partial charge in [0.25, 0.3) is 0 Å². The molecule has 7 heteroatoms. The number of nitrogens with zero attached hydrogens (tertiary/aromatic N) is 4. The topological polar surface area (TPSA) is 56.7 Å². The molecule has 3 rings (SSSR count). The third kappa shape index (κ3) is 2.94. The van der Waals surface area contributed by atoms with Crippen molar-refractivity contribution in [2.45, 2.75) is 26.8 Å². The highest BCUT2D eigenvalue weighted by molar-refractivity contribution is 9.10. The molecule has 22 heavy (non-hydrogen) atoms. The highest BCUT2D eigenvalue weighted by Crippen LogP contribution is 2.21. The number of hydrogen-bond donors (Lipinski definition) is 0. The molecule has 0 amide bonds. The zero-order valence-electron chi connectivity index (χ0n) is 12.2. The molecule has 0 atom stereocenters. The summed E-state index contributed by atoms with van der Waals surface area (Å²) in [5, 5.41) is 12.5. The Morgan fingerprint density at radius 3 is 2.55 bits per heavy atom. The lowest BCUT2D eigenvalue weighted by Gasteiger charge is -2.01. The molecule has 0 aliphatic heterocycles. The van der Waals surface area contributed by atoms with Gasteiger partial charge in [-0.1, -0.05) is 0 Å². The average molecular weight is 365 g/mol. The van der Waals surface area contributed by atoms with E-state index in [4.69, 9.17) is 4.42 Å². The summed E-state index contributed by atoms with van der Waals surface area (Å²) in [5.41, 5.74) is 2.72. The lowest BCUT2D eigenvalue weighted by molar-refractivity contribution is 0.471. The van der Waals surface area contributed by atoms with Gasteiger partial charge in [-0.15, -0.1) is 10.2 Å². The fourth-order valence-electron chi connectivity index (χ4n) is 2.16. The van der Waals surface area contributed by atoms with Crippen molar-refractivity contribution in [3.8, 4) is 11.5 Å². The van der Waals surface area contributed by atoms with Crippen LogP contribution in [0.25, 0.3) is 11.5 Å². The van der Waals surface area contributed by atoms with E-state index in [1.54, 1.807) is 12.1 Å². The van der Waals surface area contributed by atoms with Gasteiger partial charge in [0.2, 0.25) is 11.8 Å². The Bertz CT molecular complexity index is 794. The van der Waals surface area contributed by atoms with Crippen molar-refractivity contribution >= 4 is 15.9 Å². The van der Waals surface area contributed by atoms with Crippen LogP contribution in [0.5, 0.6) is 0 Å². The lowest BCUT2D eigenvalue weighted by atomic mass is 10.2. The summed E-state index contributed by atoms with van der Waals surface area (Å²) in [6.07, 6.45) is 0.586. The van der Waals surface area contributed by atoms with Crippen LogP contribution in [-0.4, -0.2) is 20.0 Å². The molecule has 114 valence electrons. The lowest BCUT2D eigenvalue weighted by Crippen LogP contribution is -2.05. The molecule has 0 radical (unpaired) electrons.